The van der Waals surface area contributed by atoms with Crippen LogP contribution in [0.2, 0.25) is 0 Å². The summed E-state index contributed by atoms with van der Waals surface area (Å²) in [6.45, 7) is 18.4. The van der Waals surface area contributed by atoms with E-state index < -0.39 is 0 Å². The zero-order valence-corrected chi connectivity index (χ0v) is 19.1. The van der Waals surface area contributed by atoms with E-state index in [9.17, 15) is 0 Å². The second-order valence-corrected chi connectivity index (χ2v) is 10.3. The van der Waals surface area contributed by atoms with Crippen molar-refractivity contribution in [1.29, 1.82) is 0 Å². The van der Waals surface area contributed by atoms with Crippen molar-refractivity contribution < 1.29 is 0 Å². The first-order valence-corrected chi connectivity index (χ1v) is 12.2. The summed E-state index contributed by atoms with van der Waals surface area (Å²) in [5, 5.41) is 0. The van der Waals surface area contributed by atoms with Gasteiger partial charge in [0.25, 0.3) is 0 Å². The Morgan fingerprint density at radius 2 is 1.41 bits per heavy atom. The monoisotopic (exact) mass is 377 g/mol. The summed E-state index contributed by atoms with van der Waals surface area (Å²) in [4.78, 5) is 8.21. The lowest BCUT2D eigenvalue weighted by molar-refractivity contribution is 0.000335. The van der Waals surface area contributed by atoms with Gasteiger partial charge in [0.05, 0.1) is 0 Å². The summed E-state index contributed by atoms with van der Waals surface area (Å²) in [6, 6.07) is 0. The molecule has 3 aliphatic heterocycles. The van der Waals surface area contributed by atoms with Crippen LogP contribution in [0.25, 0.3) is 0 Å². The molecule has 158 valence electrons. The highest BCUT2D eigenvalue weighted by Crippen LogP contribution is 2.49. The fourth-order valence-electron chi connectivity index (χ4n) is 6.05. The molecular weight excluding hydrogens is 330 g/mol. The molecule has 0 radical (unpaired) electrons. The Morgan fingerprint density at radius 1 is 0.815 bits per heavy atom. The van der Waals surface area contributed by atoms with Gasteiger partial charge in [0.1, 0.15) is 0 Å². The van der Waals surface area contributed by atoms with Crippen molar-refractivity contribution in [1.82, 2.24) is 14.7 Å². The van der Waals surface area contributed by atoms with E-state index in [4.69, 9.17) is 0 Å². The van der Waals surface area contributed by atoms with Crippen molar-refractivity contribution in [3.05, 3.63) is 0 Å². The third kappa shape index (κ3) is 5.08. The number of hydrogen-bond donors (Lipinski definition) is 0. The fourth-order valence-corrected chi connectivity index (χ4v) is 6.05. The smallest absolute Gasteiger partial charge is 0.0205 e. The number of likely N-dealkylation sites (tertiary alicyclic amines) is 3. The van der Waals surface area contributed by atoms with Gasteiger partial charge in [-0.1, -0.05) is 20.8 Å². The van der Waals surface area contributed by atoms with Gasteiger partial charge in [0.15, 0.2) is 0 Å². The van der Waals surface area contributed by atoms with Crippen LogP contribution in [0.5, 0.6) is 0 Å². The average molecular weight is 378 g/mol. The molecule has 4 aliphatic rings. The summed E-state index contributed by atoms with van der Waals surface area (Å²) in [6.07, 6.45) is 11.5. The second kappa shape index (κ2) is 9.13. The van der Waals surface area contributed by atoms with Crippen molar-refractivity contribution in [3.8, 4) is 0 Å². The van der Waals surface area contributed by atoms with E-state index in [-0.39, 0.29) is 0 Å². The van der Waals surface area contributed by atoms with Crippen LogP contribution in [-0.4, -0.2) is 73.1 Å². The van der Waals surface area contributed by atoms with Crippen LogP contribution in [0.15, 0.2) is 0 Å². The van der Waals surface area contributed by atoms with Crippen LogP contribution in [0, 0.1) is 17.3 Å². The molecule has 0 bridgehead atoms. The number of rotatable bonds is 5. The molecule has 1 unspecified atom stereocenters. The van der Waals surface area contributed by atoms with E-state index in [1.807, 2.05) is 13.8 Å². The lowest BCUT2D eigenvalue weighted by Gasteiger charge is -2.50. The van der Waals surface area contributed by atoms with Gasteiger partial charge in [-0.2, -0.15) is 0 Å². The molecular formula is C24H47N3. The van der Waals surface area contributed by atoms with Crippen molar-refractivity contribution in [3.63, 3.8) is 0 Å². The maximum Gasteiger partial charge on any atom is 0.0205 e. The molecule has 4 rings (SSSR count). The predicted octanol–water partition coefficient (Wildman–Crippen LogP) is 4.72. The number of piperidine rings is 2. The Labute approximate surface area is 169 Å². The molecule has 1 aliphatic carbocycles. The molecule has 0 N–H and O–H groups in total. The first-order valence-electron chi connectivity index (χ1n) is 12.2. The van der Waals surface area contributed by atoms with Gasteiger partial charge in [0.2, 0.25) is 0 Å². The van der Waals surface area contributed by atoms with Crippen molar-refractivity contribution in [2.45, 2.75) is 84.6 Å². The van der Waals surface area contributed by atoms with Gasteiger partial charge in [-0.25, -0.2) is 0 Å². The maximum atomic E-state index is 2.88. The quantitative estimate of drug-likeness (QED) is 0.686. The largest absolute Gasteiger partial charge is 0.306 e. The molecule has 0 aromatic carbocycles. The number of hydrogen-bond acceptors (Lipinski definition) is 3. The van der Waals surface area contributed by atoms with Crippen LogP contribution in [0.3, 0.4) is 0 Å². The minimum Gasteiger partial charge on any atom is -0.306 e. The van der Waals surface area contributed by atoms with Crippen LogP contribution in [-0.2, 0) is 0 Å². The van der Waals surface area contributed by atoms with Gasteiger partial charge in [-0.15, -0.1) is 0 Å². The molecule has 27 heavy (non-hydrogen) atoms. The van der Waals surface area contributed by atoms with E-state index in [2.05, 4.69) is 35.6 Å². The molecule has 3 heteroatoms. The molecule has 0 spiro atoms. The van der Waals surface area contributed by atoms with Gasteiger partial charge < -0.3 is 9.80 Å². The van der Waals surface area contributed by atoms with E-state index in [0.29, 0.717) is 5.54 Å². The predicted molar refractivity (Wildman–Crippen MR) is 117 cm³/mol. The topological polar surface area (TPSA) is 9.72 Å². The minimum absolute atomic E-state index is 0.483. The molecule has 1 atom stereocenters. The van der Waals surface area contributed by atoms with E-state index in [0.717, 1.165) is 17.3 Å². The summed E-state index contributed by atoms with van der Waals surface area (Å²) < 4.78 is 0. The lowest BCUT2D eigenvalue weighted by Crippen LogP contribution is -2.56. The zero-order valence-electron chi connectivity index (χ0n) is 19.1. The van der Waals surface area contributed by atoms with Crippen molar-refractivity contribution in [2.24, 2.45) is 17.3 Å². The van der Waals surface area contributed by atoms with Crippen LogP contribution in [0.1, 0.15) is 79.1 Å². The normalized spacial score (nSPS) is 32.1. The summed E-state index contributed by atoms with van der Waals surface area (Å²) in [5.41, 5.74) is 1.21. The highest BCUT2D eigenvalue weighted by Gasteiger charge is 2.44. The summed E-state index contributed by atoms with van der Waals surface area (Å²) in [7, 11) is 2.30. The average Bonchev–Trinajstić information content (AvgIpc) is 3.36. The summed E-state index contributed by atoms with van der Waals surface area (Å²) in [5.74, 6) is 2.00. The van der Waals surface area contributed by atoms with E-state index >= 15 is 0 Å². The Balaban J connectivity index is 0.00000102. The Morgan fingerprint density at radius 3 is 1.89 bits per heavy atom. The molecule has 3 nitrogen and oxygen atoms in total. The van der Waals surface area contributed by atoms with Gasteiger partial charge >= 0.3 is 0 Å². The molecule has 4 fully saturated rings. The van der Waals surface area contributed by atoms with E-state index in [1.54, 1.807) is 0 Å². The summed E-state index contributed by atoms with van der Waals surface area (Å²) >= 11 is 0. The molecule has 0 amide bonds. The standard InChI is InChI=1S/C22H41N3.C2H6/c1-4-22(8-9-22)18-24-15-10-21(2,11-16-24)25-13-6-19(7-14-25)20-5-12-23(3)17-20;1-2/h19-20H,4-18H2,1-3H3;1-2H3. The fraction of sp³-hybridized carbons (Fsp3) is 1.00. The highest BCUT2D eigenvalue weighted by atomic mass is 15.2. The SMILES string of the molecule is CC.CCC1(CN2CCC(C)(N3CCC(C4CCN(C)C4)CC3)CC2)CC1. The lowest BCUT2D eigenvalue weighted by atomic mass is 9.80. The first kappa shape index (κ1) is 21.6. The molecule has 0 aromatic heterocycles. The third-order valence-corrected chi connectivity index (χ3v) is 8.60. The molecule has 1 saturated carbocycles. The Kier molecular flexibility index (Phi) is 7.30. The molecule has 3 saturated heterocycles. The van der Waals surface area contributed by atoms with Gasteiger partial charge in [-0.05, 0) is 115 Å². The Bertz CT molecular complexity index is 443. The highest BCUT2D eigenvalue weighted by molar-refractivity contribution is 4.99. The number of nitrogens with zero attached hydrogens (tertiary/aromatic N) is 3. The maximum absolute atomic E-state index is 2.88. The van der Waals surface area contributed by atoms with Crippen LogP contribution >= 0.6 is 0 Å². The van der Waals surface area contributed by atoms with Gasteiger partial charge in [0, 0.05) is 18.6 Å². The first-order chi connectivity index (χ1) is 13.0. The third-order valence-electron chi connectivity index (χ3n) is 8.60. The molecule has 0 aromatic rings. The van der Waals surface area contributed by atoms with Crippen LogP contribution < -0.4 is 0 Å². The second-order valence-electron chi connectivity index (χ2n) is 10.3. The van der Waals surface area contributed by atoms with E-state index in [1.165, 1.54) is 97.2 Å². The zero-order chi connectivity index (χ0) is 19.5. The van der Waals surface area contributed by atoms with Gasteiger partial charge in [-0.3, -0.25) is 4.90 Å². The van der Waals surface area contributed by atoms with Crippen molar-refractivity contribution in [2.75, 3.05) is 52.9 Å². The van der Waals surface area contributed by atoms with Crippen molar-refractivity contribution >= 4 is 0 Å². The minimum atomic E-state index is 0.483. The molecule has 3 heterocycles. The van der Waals surface area contributed by atoms with Crippen LogP contribution in [0.4, 0.5) is 0 Å². The Hall–Kier alpha value is -0.120.